The fourth-order valence-electron chi connectivity index (χ4n) is 4.23. The Balaban J connectivity index is 2.96. The molecule has 0 saturated heterocycles. The SMILES string of the molecule is CCCCC[CH]CCCCCCCCCCCCCCCCCCCCCC. The van der Waals surface area contributed by atoms with Gasteiger partial charge in [-0.1, -0.05) is 174 Å². The predicted octanol–water partition coefficient (Wildman–Crippen LogP) is 11.0. The standard InChI is InChI=1S/C28H57/c1-3-5-7-9-11-13-15-17-19-21-23-25-27-28-26-24-22-20-18-16-14-12-10-8-6-4-2/h11H,3-10,12-28H2,1-2H3. The second-order valence-corrected chi connectivity index (χ2v) is 9.29. The highest BCUT2D eigenvalue weighted by atomic mass is 14.0. The topological polar surface area (TPSA) is 0 Å². The molecule has 0 nitrogen and oxygen atoms in total. The molecule has 0 N–H and O–H groups in total. The van der Waals surface area contributed by atoms with Gasteiger partial charge in [-0.2, -0.15) is 0 Å². The van der Waals surface area contributed by atoms with Crippen LogP contribution in [0.5, 0.6) is 0 Å². The highest BCUT2D eigenvalue weighted by molar-refractivity contribution is 4.64. The van der Waals surface area contributed by atoms with Gasteiger partial charge in [0.25, 0.3) is 0 Å². The van der Waals surface area contributed by atoms with Crippen LogP contribution in [0.1, 0.15) is 174 Å². The molecule has 0 rings (SSSR count). The molecule has 0 aromatic heterocycles. The molecule has 0 spiro atoms. The van der Waals surface area contributed by atoms with Crippen LogP contribution in [0.2, 0.25) is 0 Å². The first-order chi connectivity index (χ1) is 13.9. The van der Waals surface area contributed by atoms with Crippen LogP contribution in [0.25, 0.3) is 0 Å². The van der Waals surface area contributed by atoms with Gasteiger partial charge < -0.3 is 0 Å². The van der Waals surface area contributed by atoms with Crippen molar-refractivity contribution in [3.63, 3.8) is 0 Å². The van der Waals surface area contributed by atoms with E-state index in [1.54, 1.807) is 0 Å². The molecular weight excluding hydrogens is 336 g/mol. The molecule has 0 heterocycles. The molecule has 28 heavy (non-hydrogen) atoms. The fourth-order valence-corrected chi connectivity index (χ4v) is 4.23. The summed E-state index contributed by atoms with van der Waals surface area (Å²) in [5.41, 5.74) is 0. The van der Waals surface area contributed by atoms with Gasteiger partial charge in [0.15, 0.2) is 0 Å². The third-order valence-corrected chi connectivity index (χ3v) is 6.27. The summed E-state index contributed by atoms with van der Waals surface area (Å²) in [7, 11) is 0. The fraction of sp³-hybridized carbons (Fsp3) is 0.964. The van der Waals surface area contributed by atoms with E-state index >= 15 is 0 Å². The van der Waals surface area contributed by atoms with Crippen molar-refractivity contribution in [1.29, 1.82) is 0 Å². The summed E-state index contributed by atoms with van der Waals surface area (Å²) >= 11 is 0. The predicted molar refractivity (Wildman–Crippen MR) is 131 cm³/mol. The molecule has 0 aliphatic rings. The molecule has 0 fully saturated rings. The Kier molecular flexibility index (Phi) is 27.0. The molecule has 0 atom stereocenters. The van der Waals surface area contributed by atoms with Crippen molar-refractivity contribution < 1.29 is 0 Å². The van der Waals surface area contributed by atoms with Gasteiger partial charge in [-0.25, -0.2) is 0 Å². The zero-order valence-electron chi connectivity index (χ0n) is 20.3. The minimum Gasteiger partial charge on any atom is -0.0654 e. The minimum absolute atomic E-state index is 1.35. The molecule has 0 heteroatoms. The van der Waals surface area contributed by atoms with Gasteiger partial charge >= 0.3 is 0 Å². The van der Waals surface area contributed by atoms with Gasteiger partial charge in [-0.05, 0) is 6.42 Å². The number of unbranched alkanes of at least 4 members (excludes halogenated alkanes) is 25. The van der Waals surface area contributed by atoms with Crippen LogP contribution in [-0.2, 0) is 0 Å². The summed E-state index contributed by atoms with van der Waals surface area (Å²) in [4.78, 5) is 0. The maximum atomic E-state index is 2.53. The maximum Gasteiger partial charge on any atom is -0.0386 e. The van der Waals surface area contributed by atoms with Crippen LogP contribution >= 0.6 is 0 Å². The summed E-state index contributed by atoms with van der Waals surface area (Å²) in [6, 6.07) is 0. The second-order valence-electron chi connectivity index (χ2n) is 9.29. The Hall–Kier alpha value is 0. The van der Waals surface area contributed by atoms with E-state index in [1.165, 1.54) is 161 Å². The first-order valence-corrected chi connectivity index (χ1v) is 13.7. The van der Waals surface area contributed by atoms with Crippen LogP contribution in [0, 0.1) is 6.42 Å². The maximum absolute atomic E-state index is 2.53. The van der Waals surface area contributed by atoms with E-state index in [0.29, 0.717) is 0 Å². The molecule has 0 amide bonds. The average Bonchev–Trinajstić information content (AvgIpc) is 2.71. The summed E-state index contributed by atoms with van der Waals surface area (Å²) in [6.45, 7) is 4.59. The molecule has 0 saturated carbocycles. The van der Waals surface area contributed by atoms with E-state index < -0.39 is 0 Å². The van der Waals surface area contributed by atoms with Crippen LogP contribution in [0.15, 0.2) is 0 Å². The van der Waals surface area contributed by atoms with E-state index in [1.807, 2.05) is 0 Å². The van der Waals surface area contributed by atoms with E-state index in [4.69, 9.17) is 0 Å². The summed E-state index contributed by atoms with van der Waals surface area (Å²) in [5, 5.41) is 0. The van der Waals surface area contributed by atoms with Gasteiger partial charge in [0, 0.05) is 0 Å². The number of rotatable bonds is 25. The second kappa shape index (κ2) is 27.0. The normalized spacial score (nSPS) is 11.4. The van der Waals surface area contributed by atoms with E-state index in [9.17, 15) is 0 Å². The Morgan fingerprint density at radius 2 is 0.500 bits per heavy atom. The molecule has 169 valence electrons. The first-order valence-electron chi connectivity index (χ1n) is 13.7. The van der Waals surface area contributed by atoms with Gasteiger partial charge in [0.1, 0.15) is 0 Å². The molecular formula is C28H57. The Bertz CT molecular complexity index is 218. The lowest BCUT2D eigenvalue weighted by atomic mass is 10.0. The van der Waals surface area contributed by atoms with Crippen LogP contribution in [0.3, 0.4) is 0 Å². The van der Waals surface area contributed by atoms with E-state index in [2.05, 4.69) is 20.3 Å². The zero-order valence-corrected chi connectivity index (χ0v) is 20.3. The Labute approximate surface area is 181 Å². The molecule has 0 aliphatic carbocycles. The highest BCUT2D eigenvalue weighted by Gasteiger charge is 1.96. The van der Waals surface area contributed by atoms with Gasteiger partial charge in [-0.15, -0.1) is 0 Å². The highest BCUT2D eigenvalue weighted by Crippen LogP contribution is 2.15. The zero-order chi connectivity index (χ0) is 20.4. The molecule has 0 aromatic carbocycles. The third kappa shape index (κ3) is 26.0. The van der Waals surface area contributed by atoms with Crippen molar-refractivity contribution in [2.45, 2.75) is 174 Å². The summed E-state index contributed by atoms with van der Waals surface area (Å²) < 4.78 is 0. The smallest absolute Gasteiger partial charge is 0.0386 e. The Morgan fingerprint density at radius 1 is 0.286 bits per heavy atom. The molecule has 0 bridgehead atoms. The quantitative estimate of drug-likeness (QED) is 0.135. The minimum atomic E-state index is 1.35. The van der Waals surface area contributed by atoms with Gasteiger partial charge in [0.05, 0.1) is 0 Å². The van der Waals surface area contributed by atoms with Crippen molar-refractivity contribution in [3.05, 3.63) is 6.42 Å². The average molecular weight is 394 g/mol. The van der Waals surface area contributed by atoms with Crippen LogP contribution < -0.4 is 0 Å². The van der Waals surface area contributed by atoms with Crippen molar-refractivity contribution in [2.24, 2.45) is 0 Å². The van der Waals surface area contributed by atoms with Gasteiger partial charge in [0.2, 0.25) is 0 Å². The Morgan fingerprint density at radius 3 is 0.821 bits per heavy atom. The lowest BCUT2D eigenvalue weighted by molar-refractivity contribution is 0.521. The number of hydrogen-bond acceptors (Lipinski definition) is 0. The van der Waals surface area contributed by atoms with Crippen LogP contribution in [0.4, 0.5) is 0 Å². The third-order valence-electron chi connectivity index (χ3n) is 6.27. The van der Waals surface area contributed by atoms with Crippen LogP contribution in [-0.4, -0.2) is 0 Å². The van der Waals surface area contributed by atoms with Gasteiger partial charge in [-0.3, -0.25) is 0 Å². The lowest BCUT2D eigenvalue weighted by Gasteiger charge is -2.04. The van der Waals surface area contributed by atoms with E-state index in [-0.39, 0.29) is 0 Å². The molecule has 0 aromatic rings. The summed E-state index contributed by atoms with van der Waals surface area (Å²) in [5.74, 6) is 0. The van der Waals surface area contributed by atoms with Crippen molar-refractivity contribution in [1.82, 2.24) is 0 Å². The molecule has 1 radical (unpaired) electrons. The van der Waals surface area contributed by atoms with Crippen molar-refractivity contribution in [3.8, 4) is 0 Å². The summed E-state index contributed by atoms with van der Waals surface area (Å²) in [6.07, 6.45) is 38.9. The van der Waals surface area contributed by atoms with Crippen molar-refractivity contribution in [2.75, 3.05) is 0 Å². The van der Waals surface area contributed by atoms with Crippen molar-refractivity contribution >= 4 is 0 Å². The lowest BCUT2D eigenvalue weighted by Crippen LogP contribution is -1.85. The molecule has 0 unspecified atom stereocenters. The number of hydrogen-bond donors (Lipinski definition) is 0. The molecule has 0 aliphatic heterocycles. The largest absolute Gasteiger partial charge is 0.0654 e. The first kappa shape index (κ1) is 28.0. The monoisotopic (exact) mass is 393 g/mol. The van der Waals surface area contributed by atoms with E-state index in [0.717, 1.165) is 0 Å².